The van der Waals surface area contributed by atoms with Crippen LogP contribution in [0.4, 0.5) is 0 Å². The Labute approximate surface area is 141 Å². The van der Waals surface area contributed by atoms with E-state index in [4.69, 9.17) is 10.6 Å². The molecule has 0 bridgehead atoms. The average molecular weight is 367 g/mol. The molecule has 5 N–H and O–H groups in total. The maximum absolute atomic E-state index is 12.3. The summed E-state index contributed by atoms with van der Waals surface area (Å²) in [5.41, 5.74) is 0.196. The second-order valence-electron chi connectivity index (χ2n) is 5.35. The lowest BCUT2D eigenvalue weighted by Crippen LogP contribution is -2.21. The third kappa shape index (κ3) is 2.97. The third-order valence-electron chi connectivity index (χ3n) is 3.74. The number of nitrogens with two attached hydrogens (primary N) is 1. The van der Waals surface area contributed by atoms with Gasteiger partial charge in [-0.3, -0.25) is 4.79 Å². The zero-order chi connectivity index (χ0) is 18.4. The van der Waals surface area contributed by atoms with Crippen LogP contribution in [-0.4, -0.2) is 29.5 Å². The van der Waals surface area contributed by atoms with Gasteiger partial charge in [0.15, 0.2) is 5.78 Å². The van der Waals surface area contributed by atoms with Gasteiger partial charge in [0.25, 0.3) is 0 Å². The Kier molecular flexibility index (Phi) is 4.03. The molecule has 25 heavy (non-hydrogen) atoms. The van der Waals surface area contributed by atoms with Gasteiger partial charge in [-0.05, 0) is 17.7 Å². The van der Waals surface area contributed by atoms with Crippen LogP contribution in [0.5, 0.6) is 23.0 Å². The molecule has 0 aromatic heterocycles. The van der Waals surface area contributed by atoms with Crippen LogP contribution in [0, 0.1) is 0 Å². The standard InChI is InChI=1S/C15H13NO8S/c16-24-25(21,22)14-3-7(1-2-9(14)18)12-6-11(20)15-10(19)4-8(17)5-13(15)23-12/h1-5,12,17-19H,6,16H2. The molecule has 1 aliphatic rings. The number of aromatic hydroxyl groups is 3. The van der Waals surface area contributed by atoms with Crippen LogP contribution in [0.1, 0.15) is 28.4 Å². The Bertz CT molecular complexity index is 970. The molecule has 9 nitrogen and oxygen atoms in total. The number of Topliss-reactive ketones (excluding diaryl/α,β-unsaturated/α-hetero) is 1. The summed E-state index contributed by atoms with van der Waals surface area (Å²) >= 11 is 0. The Balaban J connectivity index is 2.04. The van der Waals surface area contributed by atoms with Crippen LogP contribution in [0.25, 0.3) is 0 Å². The number of ether oxygens (including phenoxy) is 1. The molecule has 1 unspecified atom stereocenters. The van der Waals surface area contributed by atoms with Gasteiger partial charge in [0.05, 0.1) is 6.42 Å². The van der Waals surface area contributed by atoms with Crippen molar-refractivity contribution in [1.29, 1.82) is 0 Å². The SMILES string of the molecule is NOS(=O)(=O)c1cc(C2CC(=O)c3c(O)cc(O)cc3O2)ccc1O. The number of hydrogen-bond donors (Lipinski definition) is 4. The van der Waals surface area contributed by atoms with Gasteiger partial charge in [0.2, 0.25) is 0 Å². The predicted molar refractivity (Wildman–Crippen MR) is 82.7 cm³/mol. The highest BCUT2D eigenvalue weighted by Gasteiger charge is 2.32. The van der Waals surface area contributed by atoms with Crippen LogP contribution < -0.4 is 10.6 Å². The Hall–Kier alpha value is -2.82. The summed E-state index contributed by atoms with van der Waals surface area (Å²) < 4.78 is 33.0. The van der Waals surface area contributed by atoms with E-state index in [2.05, 4.69) is 4.28 Å². The summed E-state index contributed by atoms with van der Waals surface area (Å²) in [7, 11) is -4.37. The maximum atomic E-state index is 12.3. The topological polar surface area (TPSA) is 156 Å². The summed E-state index contributed by atoms with van der Waals surface area (Å²) in [6.45, 7) is 0. The van der Waals surface area contributed by atoms with Crippen molar-refractivity contribution in [2.75, 3.05) is 0 Å². The molecular weight excluding hydrogens is 354 g/mol. The summed E-state index contributed by atoms with van der Waals surface area (Å²) in [6, 6.07) is 5.73. The number of hydrogen-bond acceptors (Lipinski definition) is 9. The number of phenols is 3. The predicted octanol–water partition coefficient (Wildman–Crippen LogP) is 1.09. The molecule has 2 aromatic rings. The molecule has 0 saturated carbocycles. The molecule has 0 fully saturated rings. The molecule has 0 radical (unpaired) electrons. The van der Waals surface area contributed by atoms with Crippen molar-refractivity contribution in [1.82, 2.24) is 0 Å². The molecule has 3 rings (SSSR count). The first kappa shape index (κ1) is 17.0. The van der Waals surface area contributed by atoms with Gasteiger partial charge in [0.1, 0.15) is 39.6 Å². The van der Waals surface area contributed by atoms with E-state index in [-0.39, 0.29) is 29.0 Å². The van der Waals surface area contributed by atoms with Crippen molar-refractivity contribution in [2.45, 2.75) is 17.4 Å². The molecule has 1 aliphatic heterocycles. The fourth-order valence-corrected chi connectivity index (χ4v) is 3.30. The minimum Gasteiger partial charge on any atom is -0.508 e. The Morgan fingerprint density at radius 3 is 2.52 bits per heavy atom. The minimum atomic E-state index is -4.37. The zero-order valence-electron chi connectivity index (χ0n) is 12.5. The molecule has 10 heteroatoms. The van der Waals surface area contributed by atoms with Gasteiger partial charge < -0.3 is 20.1 Å². The van der Waals surface area contributed by atoms with Crippen molar-refractivity contribution >= 4 is 15.9 Å². The van der Waals surface area contributed by atoms with Crippen molar-refractivity contribution in [3.05, 3.63) is 41.5 Å². The third-order valence-corrected chi connectivity index (χ3v) is 4.86. The number of rotatable bonds is 3. The van der Waals surface area contributed by atoms with E-state index in [1.165, 1.54) is 12.1 Å². The van der Waals surface area contributed by atoms with Crippen LogP contribution >= 0.6 is 0 Å². The van der Waals surface area contributed by atoms with Gasteiger partial charge in [-0.1, -0.05) is 6.07 Å². The Morgan fingerprint density at radius 2 is 1.84 bits per heavy atom. The zero-order valence-corrected chi connectivity index (χ0v) is 13.4. The molecule has 0 saturated heterocycles. The molecule has 0 amide bonds. The minimum absolute atomic E-state index is 0.0358. The maximum Gasteiger partial charge on any atom is 0.316 e. The number of phenolic OH excluding ortho intramolecular Hbond substituents is 3. The molecule has 1 atom stereocenters. The number of benzene rings is 2. The van der Waals surface area contributed by atoms with Gasteiger partial charge in [0, 0.05) is 12.1 Å². The van der Waals surface area contributed by atoms with Crippen LogP contribution in [-0.2, 0) is 14.4 Å². The summed E-state index contributed by atoms with van der Waals surface area (Å²) in [6.07, 6.45) is -1.08. The van der Waals surface area contributed by atoms with Crippen LogP contribution in [0.3, 0.4) is 0 Å². The monoisotopic (exact) mass is 367 g/mol. The largest absolute Gasteiger partial charge is 0.508 e. The van der Waals surface area contributed by atoms with E-state index in [1.54, 1.807) is 0 Å². The lowest BCUT2D eigenvalue weighted by atomic mass is 9.95. The molecular formula is C15H13NO8S. The lowest BCUT2D eigenvalue weighted by Gasteiger charge is -2.26. The molecule has 0 aliphatic carbocycles. The first-order chi connectivity index (χ1) is 11.7. The second kappa shape index (κ2) is 5.92. The van der Waals surface area contributed by atoms with Gasteiger partial charge >= 0.3 is 10.1 Å². The lowest BCUT2D eigenvalue weighted by molar-refractivity contribution is 0.0844. The van der Waals surface area contributed by atoms with E-state index in [0.29, 0.717) is 0 Å². The average Bonchev–Trinajstić information content (AvgIpc) is 2.53. The van der Waals surface area contributed by atoms with E-state index >= 15 is 0 Å². The summed E-state index contributed by atoms with van der Waals surface area (Å²) in [5, 5.41) is 29.0. The number of carbonyl (C=O) groups is 1. The Morgan fingerprint density at radius 1 is 1.12 bits per heavy atom. The van der Waals surface area contributed by atoms with Gasteiger partial charge in [-0.25, -0.2) is 0 Å². The molecule has 132 valence electrons. The number of fused-ring (bicyclic) bond motifs is 1. The van der Waals surface area contributed by atoms with Gasteiger partial charge in [-0.2, -0.15) is 18.6 Å². The second-order valence-corrected chi connectivity index (χ2v) is 6.89. The normalized spacial score (nSPS) is 17.0. The molecule has 0 spiro atoms. The van der Waals surface area contributed by atoms with Crippen molar-refractivity contribution < 1.29 is 37.6 Å². The number of carbonyl (C=O) groups excluding carboxylic acids is 1. The fraction of sp³-hybridized carbons (Fsp3) is 0.133. The van der Waals surface area contributed by atoms with Crippen molar-refractivity contribution in [2.24, 2.45) is 5.90 Å². The van der Waals surface area contributed by atoms with Crippen LogP contribution in [0.2, 0.25) is 0 Å². The molecule has 2 aromatic carbocycles. The van der Waals surface area contributed by atoms with Gasteiger partial charge in [-0.15, -0.1) is 0 Å². The smallest absolute Gasteiger partial charge is 0.316 e. The van der Waals surface area contributed by atoms with E-state index in [1.807, 2.05) is 0 Å². The summed E-state index contributed by atoms with van der Waals surface area (Å²) in [4.78, 5) is 11.7. The summed E-state index contributed by atoms with van der Waals surface area (Å²) in [5.74, 6) is 2.94. The van der Waals surface area contributed by atoms with E-state index in [9.17, 15) is 28.5 Å². The highest BCUT2D eigenvalue weighted by Crippen LogP contribution is 2.42. The quantitative estimate of drug-likeness (QED) is 0.583. The highest BCUT2D eigenvalue weighted by atomic mass is 32.2. The first-order valence-electron chi connectivity index (χ1n) is 6.95. The van der Waals surface area contributed by atoms with E-state index < -0.39 is 38.4 Å². The van der Waals surface area contributed by atoms with Crippen LogP contribution in [0.15, 0.2) is 35.2 Å². The van der Waals surface area contributed by atoms with E-state index in [0.717, 1.165) is 18.2 Å². The fourth-order valence-electron chi connectivity index (χ4n) is 2.59. The number of ketones is 1. The first-order valence-corrected chi connectivity index (χ1v) is 8.36. The molecule has 1 heterocycles. The highest BCUT2D eigenvalue weighted by molar-refractivity contribution is 7.86. The van der Waals surface area contributed by atoms with Crippen molar-refractivity contribution in [3.8, 4) is 23.0 Å². The van der Waals surface area contributed by atoms with Crippen molar-refractivity contribution in [3.63, 3.8) is 0 Å².